The summed E-state index contributed by atoms with van der Waals surface area (Å²) in [5.74, 6) is 0.350. The van der Waals surface area contributed by atoms with Crippen LogP contribution in [0.5, 0.6) is 0 Å². The normalized spacial score (nSPS) is 14.2. The molecule has 4 rings (SSSR count). The number of amides is 1. The molecule has 0 radical (unpaired) electrons. The highest BCUT2D eigenvalue weighted by Gasteiger charge is 2.24. The van der Waals surface area contributed by atoms with Crippen LogP contribution in [0.1, 0.15) is 10.4 Å². The van der Waals surface area contributed by atoms with Crippen molar-refractivity contribution in [3.05, 3.63) is 76.3 Å². The molecule has 29 heavy (non-hydrogen) atoms. The summed E-state index contributed by atoms with van der Waals surface area (Å²) in [5.41, 5.74) is 1.95. The molecule has 1 amide bonds. The van der Waals surface area contributed by atoms with E-state index in [1.807, 2.05) is 6.07 Å². The van der Waals surface area contributed by atoms with Crippen LogP contribution >= 0.6 is 23.2 Å². The Morgan fingerprint density at radius 2 is 1.66 bits per heavy atom. The zero-order valence-corrected chi connectivity index (χ0v) is 16.9. The van der Waals surface area contributed by atoms with E-state index in [0.29, 0.717) is 41.8 Å². The van der Waals surface area contributed by atoms with Crippen LogP contribution in [0.2, 0.25) is 10.0 Å². The fraction of sp³-hybridized carbons (Fsp3) is 0.190. The highest BCUT2D eigenvalue weighted by atomic mass is 35.5. The first-order valence-electron chi connectivity index (χ1n) is 9.08. The van der Waals surface area contributed by atoms with E-state index in [4.69, 9.17) is 23.2 Å². The van der Waals surface area contributed by atoms with Crippen LogP contribution < -0.4 is 4.90 Å². The number of anilines is 1. The summed E-state index contributed by atoms with van der Waals surface area (Å²) in [5, 5.41) is 0.868. The molecule has 0 aliphatic carbocycles. The van der Waals surface area contributed by atoms with Crippen LogP contribution in [0.4, 0.5) is 10.2 Å². The molecule has 5 nitrogen and oxygen atoms in total. The lowest BCUT2D eigenvalue weighted by atomic mass is 10.1. The zero-order chi connectivity index (χ0) is 20.4. The third-order valence-corrected chi connectivity index (χ3v) is 5.41. The lowest BCUT2D eigenvalue weighted by Gasteiger charge is -2.35. The molecule has 1 saturated heterocycles. The number of rotatable bonds is 3. The summed E-state index contributed by atoms with van der Waals surface area (Å²) in [6.07, 6.45) is 1.50. The number of hydrogen-bond donors (Lipinski definition) is 0. The van der Waals surface area contributed by atoms with E-state index in [1.165, 1.54) is 18.5 Å². The minimum Gasteiger partial charge on any atom is -0.353 e. The molecular weight excluding hydrogens is 414 g/mol. The predicted octanol–water partition coefficient (Wildman–Crippen LogP) is 4.55. The van der Waals surface area contributed by atoms with Crippen molar-refractivity contribution in [2.24, 2.45) is 0 Å². The third-order valence-electron chi connectivity index (χ3n) is 4.84. The summed E-state index contributed by atoms with van der Waals surface area (Å²) in [7, 11) is 0. The van der Waals surface area contributed by atoms with Gasteiger partial charge in [0.1, 0.15) is 18.0 Å². The summed E-state index contributed by atoms with van der Waals surface area (Å²) in [4.78, 5) is 25.3. The Balaban J connectivity index is 1.46. The van der Waals surface area contributed by atoms with E-state index in [-0.39, 0.29) is 11.7 Å². The Bertz CT molecular complexity index is 1040. The number of piperazine rings is 1. The van der Waals surface area contributed by atoms with Crippen LogP contribution in [0, 0.1) is 5.82 Å². The monoisotopic (exact) mass is 430 g/mol. The summed E-state index contributed by atoms with van der Waals surface area (Å²) < 4.78 is 13.2. The molecule has 8 heteroatoms. The first kappa shape index (κ1) is 19.6. The van der Waals surface area contributed by atoms with Gasteiger partial charge in [-0.2, -0.15) is 0 Å². The lowest BCUT2D eigenvalue weighted by molar-refractivity contribution is 0.0746. The number of nitrogens with zero attached hydrogens (tertiary/aromatic N) is 4. The number of halogens is 3. The van der Waals surface area contributed by atoms with Gasteiger partial charge < -0.3 is 9.80 Å². The molecule has 1 aliphatic rings. The van der Waals surface area contributed by atoms with Crippen molar-refractivity contribution in [3.8, 4) is 11.3 Å². The quantitative estimate of drug-likeness (QED) is 0.611. The average Bonchev–Trinajstić information content (AvgIpc) is 2.76. The fourth-order valence-corrected chi connectivity index (χ4v) is 3.64. The van der Waals surface area contributed by atoms with Crippen LogP contribution in [0.25, 0.3) is 11.3 Å². The van der Waals surface area contributed by atoms with Gasteiger partial charge in [0.15, 0.2) is 0 Å². The van der Waals surface area contributed by atoms with E-state index >= 15 is 0 Å². The van der Waals surface area contributed by atoms with E-state index in [0.717, 1.165) is 17.1 Å². The third kappa shape index (κ3) is 4.33. The fourth-order valence-electron chi connectivity index (χ4n) is 3.27. The molecule has 2 aromatic carbocycles. The Morgan fingerprint density at radius 3 is 2.38 bits per heavy atom. The van der Waals surface area contributed by atoms with Crippen molar-refractivity contribution in [1.82, 2.24) is 14.9 Å². The van der Waals surface area contributed by atoms with Gasteiger partial charge in [-0.05, 0) is 42.5 Å². The van der Waals surface area contributed by atoms with Crippen molar-refractivity contribution in [3.63, 3.8) is 0 Å². The van der Waals surface area contributed by atoms with Gasteiger partial charge in [-0.15, -0.1) is 0 Å². The molecule has 1 fully saturated rings. The number of carbonyl (C=O) groups is 1. The van der Waals surface area contributed by atoms with Crippen molar-refractivity contribution < 1.29 is 9.18 Å². The van der Waals surface area contributed by atoms with Gasteiger partial charge in [-0.1, -0.05) is 23.2 Å². The molecule has 1 aliphatic heterocycles. The SMILES string of the molecule is O=C(c1cc(Cl)ccc1Cl)N1CCN(c2cc(-c3ccc(F)cc3)ncn2)CC1. The Hall–Kier alpha value is -2.70. The molecule has 2 heterocycles. The summed E-state index contributed by atoms with van der Waals surface area (Å²) in [6, 6.07) is 12.9. The molecule has 0 saturated carbocycles. The minimum atomic E-state index is -0.288. The maximum atomic E-state index is 13.2. The number of benzene rings is 2. The molecule has 3 aromatic rings. The molecule has 0 atom stereocenters. The highest BCUT2D eigenvalue weighted by molar-refractivity contribution is 6.35. The first-order valence-corrected chi connectivity index (χ1v) is 9.84. The van der Waals surface area contributed by atoms with E-state index in [1.54, 1.807) is 35.2 Å². The topological polar surface area (TPSA) is 49.3 Å². The molecule has 1 aromatic heterocycles. The smallest absolute Gasteiger partial charge is 0.255 e. The predicted molar refractivity (Wildman–Crippen MR) is 112 cm³/mol. The average molecular weight is 431 g/mol. The number of aromatic nitrogens is 2. The molecule has 0 N–H and O–H groups in total. The summed E-state index contributed by atoms with van der Waals surface area (Å²) >= 11 is 12.2. The Kier molecular flexibility index (Phi) is 5.65. The molecule has 148 valence electrons. The lowest BCUT2D eigenvalue weighted by Crippen LogP contribution is -2.49. The van der Waals surface area contributed by atoms with Crippen LogP contribution in [0.3, 0.4) is 0 Å². The van der Waals surface area contributed by atoms with Crippen LogP contribution in [-0.2, 0) is 0 Å². The zero-order valence-electron chi connectivity index (χ0n) is 15.4. The van der Waals surface area contributed by atoms with Gasteiger partial charge >= 0.3 is 0 Å². The number of carbonyl (C=O) groups excluding carboxylic acids is 1. The van der Waals surface area contributed by atoms with Crippen LogP contribution in [-0.4, -0.2) is 47.0 Å². The van der Waals surface area contributed by atoms with Gasteiger partial charge in [0, 0.05) is 42.8 Å². The standard InChI is InChI=1S/C21H17Cl2FN4O/c22-15-3-6-18(23)17(11-15)21(29)28-9-7-27(8-10-28)20-12-19(25-13-26-20)14-1-4-16(24)5-2-14/h1-6,11-13H,7-10H2. The molecular formula is C21H17Cl2FN4O. The maximum absolute atomic E-state index is 13.2. The van der Waals surface area contributed by atoms with E-state index < -0.39 is 0 Å². The van der Waals surface area contributed by atoms with Crippen LogP contribution in [0.15, 0.2) is 54.9 Å². The van der Waals surface area contributed by atoms with Crippen molar-refractivity contribution in [2.75, 3.05) is 31.1 Å². The Labute approximate surface area is 177 Å². The van der Waals surface area contributed by atoms with Gasteiger partial charge in [0.2, 0.25) is 0 Å². The van der Waals surface area contributed by atoms with E-state index in [9.17, 15) is 9.18 Å². The Morgan fingerprint density at radius 1 is 0.931 bits per heavy atom. The highest BCUT2D eigenvalue weighted by Crippen LogP contribution is 2.24. The number of hydrogen-bond acceptors (Lipinski definition) is 4. The second kappa shape index (κ2) is 8.35. The van der Waals surface area contributed by atoms with Crippen molar-refractivity contribution in [1.29, 1.82) is 0 Å². The molecule has 0 bridgehead atoms. The second-order valence-electron chi connectivity index (χ2n) is 6.67. The van der Waals surface area contributed by atoms with Gasteiger partial charge in [0.05, 0.1) is 16.3 Å². The molecule has 0 spiro atoms. The van der Waals surface area contributed by atoms with Gasteiger partial charge in [0.25, 0.3) is 5.91 Å². The minimum absolute atomic E-state index is 0.133. The molecule has 0 unspecified atom stereocenters. The van der Waals surface area contributed by atoms with Crippen molar-refractivity contribution in [2.45, 2.75) is 0 Å². The van der Waals surface area contributed by atoms with Crippen molar-refractivity contribution >= 4 is 34.9 Å². The van der Waals surface area contributed by atoms with Gasteiger partial charge in [-0.3, -0.25) is 4.79 Å². The maximum Gasteiger partial charge on any atom is 0.255 e. The van der Waals surface area contributed by atoms with E-state index in [2.05, 4.69) is 14.9 Å². The first-order chi connectivity index (χ1) is 14.0. The largest absolute Gasteiger partial charge is 0.353 e. The van der Waals surface area contributed by atoms with Gasteiger partial charge in [-0.25, -0.2) is 14.4 Å². The second-order valence-corrected chi connectivity index (χ2v) is 7.52. The summed E-state index contributed by atoms with van der Waals surface area (Å²) in [6.45, 7) is 2.34.